The van der Waals surface area contributed by atoms with E-state index in [4.69, 9.17) is 0 Å². The van der Waals surface area contributed by atoms with E-state index in [1.165, 1.54) is 0 Å². The molecule has 1 saturated heterocycles. The standard InChI is InChI=1S/C18H24BrN3O3/c1-3-12(2)21-16(23)7-8-20-18(25)13-9-17(24)22(11-13)15-6-4-5-14(19)10-15/h4-6,10,12-13H,3,7-9,11H2,1-2H3,(H,20,25)(H,21,23). The Morgan fingerprint density at radius 2 is 2.16 bits per heavy atom. The molecule has 1 aliphatic heterocycles. The minimum Gasteiger partial charge on any atom is -0.355 e. The van der Waals surface area contributed by atoms with Crippen molar-refractivity contribution in [1.82, 2.24) is 10.6 Å². The Balaban J connectivity index is 1.81. The summed E-state index contributed by atoms with van der Waals surface area (Å²) >= 11 is 3.39. The van der Waals surface area contributed by atoms with Crippen molar-refractivity contribution in [2.45, 2.75) is 39.2 Å². The molecular formula is C18H24BrN3O3. The molecular weight excluding hydrogens is 386 g/mol. The Morgan fingerprint density at radius 1 is 1.40 bits per heavy atom. The van der Waals surface area contributed by atoms with E-state index in [1.54, 1.807) is 4.90 Å². The molecule has 0 spiro atoms. The van der Waals surface area contributed by atoms with Crippen LogP contribution >= 0.6 is 15.9 Å². The van der Waals surface area contributed by atoms with Gasteiger partial charge in [0, 0.05) is 42.1 Å². The maximum atomic E-state index is 12.3. The molecule has 2 N–H and O–H groups in total. The van der Waals surface area contributed by atoms with E-state index in [9.17, 15) is 14.4 Å². The fourth-order valence-electron chi connectivity index (χ4n) is 2.67. The van der Waals surface area contributed by atoms with Crippen LogP contribution < -0.4 is 15.5 Å². The molecule has 1 aromatic carbocycles. The normalized spacial score (nSPS) is 18.1. The number of rotatable bonds is 7. The Kier molecular flexibility index (Phi) is 6.99. The molecule has 0 radical (unpaired) electrons. The molecule has 136 valence electrons. The molecule has 0 bridgehead atoms. The number of amides is 3. The number of nitrogens with one attached hydrogen (secondary N) is 2. The smallest absolute Gasteiger partial charge is 0.227 e. The Hall–Kier alpha value is -1.89. The molecule has 6 nitrogen and oxygen atoms in total. The Morgan fingerprint density at radius 3 is 2.84 bits per heavy atom. The first kappa shape index (κ1) is 19.4. The average molecular weight is 410 g/mol. The maximum Gasteiger partial charge on any atom is 0.227 e. The molecule has 1 aromatic rings. The topological polar surface area (TPSA) is 78.5 Å². The molecule has 1 aliphatic rings. The van der Waals surface area contributed by atoms with Crippen LogP contribution in [0.5, 0.6) is 0 Å². The van der Waals surface area contributed by atoms with Crippen molar-refractivity contribution in [2.24, 2.45) is 5.92 Å². The van der Waals surface area contributed by atoms with Gasteiger partial charge in [0.1, 0.15) is 0 Å². The highest BCUT2D eigenvalue weighted by atomic mass is 79.9. The number of halogens is 1. The molecule has 1 heterocycles. The summed E-state index contributed by atoms with van der Waals surface area (Å²) in [5.74, 6) is -0.702. The third-order valence-electron chi connectivity index (χ3n) is 4.29. The molecule has 3 amide bonds. The first-order valence-electron chi connectivity index (χ1n) is 8.53. The number of hydrogen-bond donors (Lipinski definition) is 2. The van der Waals surface area contributed by atoms with Crippen molar-refractivity contribution in [3.05, 3.63) is 28.7 Å². The lowest BCUT2D eigenvalue weighted by Gasteiger charge is -2.17. The van der Waals surface area contributed by atoms with E-state index in [1.807, 2.05) is 38.1 Å². The van der Waals surface area contributed by atoms with Gasteiger partial charge >= 0.3 is 0 Å². The van der Waals surface area contributed by atoms with Crippen molar-refractivity contribution in [3.8, 4) is 0 Å². The summed E-state index contributed by atoms with van der Waals surface area (Å²) in [6, 6.07) is 7.59. The molecule has 2 atom stereocenters. The second-order valence-electron chi connectivity index (χ2n) is 6.30. The average Bonchev–Trinajstić information content (AvgIpc) is 2.96. The number of carbonyl (C=O) groups excluding carboxylic acids is 3. The Labute approximate surface area is 156 Å². The van der Waals surface area contributed by atoms with Crippen LogP contribution in [0.25, 0.3) is 0 Å². The lowest BCUT2D eigenvalue weighted by Crippen LogP contribution is -2.37. The zero-order chi connectivity index (χ0) is 18.4. The zero-order valence-electron chi connectivity index (χ0n) is 14.5. The number of benzene rings is 1. The predicted octanol–water partition coefficient (Wildman–Crippen LogP) is 2.22. The minimum absolute atomic E-state index is 0.0623. The van der Waals surface area contributed by atoms with Crippen LogP contribution in [-0.2, 0) is 14.4 Å². The van der Waals surface area contributed by atoms with Gasteiger partial charge in [-0.15, -0.1) is 0 Å². The molecule has 7 heteroatoms. The minimum atomic E-state index is -0.385. The highest BCUT2D eigenvalue weighted by Gasteiger charge is 2.35. The summed E-state index contributed by atoms with van der Waals surface area (Å²) in [5.41, 5.74) is 0.780. The zero-order valence-corrected chi connectivity index (χ0v) is 16.1. The third kappa shape index (κ3) is 5.56. The van der Waals surface area contributed by atoms with Gasteiger partial charge in [-0.2, -0.15) is 0 Å². The van der Waals surface area contributed by atoms with Crippen LogP contribution in [-0.4, -0.2) is 36.9 Å². The SMILES string of the molecule is CCC(C)NC(=O)CCNC(=O)C1CC(=O)N(c2cccc(Br)c2)C1. The summed E-state index contributed by atoms with van der Waals surface area (Å²) in [6.45, 7) is 4.58. The van der Waals surface area contributed by atoms with Crippen molar-refractivity contribution in [1.29, 1.82) is 0 Å². The van der Waals surface area contributed by atoms with Crippen molar-refractivity contribution in [2.75, 3.05) is 18.0 Å². The fraction of sp³-hybridized carbons (Fsp3) is 0.500. The molecule has 0 saturated carbocycles. The van der Waals surface area contributed by atoms with Crippen LogP contribution in [0.15, 0.2) is 28.7 Å². The predicted molar refractivity (Wildman–Crippen MR) is 100 cm³/mol. The summed E-state index contributed by atoms with van der Waals surface area (Å²) in [6.07, 6.45) is 1.30. The van der Waals surface area contributed by atoms with Crippen molar-refractivity contribution >= 4 is 39.3 Å². The van der Waals surface area contributed by atoms with E-state index in [0.717, 1.165) is 16.6 Å². The largest absolute Gasteiger partial charge is 0.355 e. The second kappa shape index (κ2) is 8.99. The lowest BCUT2D eigenvalue weighted by atomic mass is 10.1. The molecule has 2 unspecified atom stereocenters. The van der Waals surface area contributed by atoms with Gasteiger partial charge in [0.25, 0.3) is 0 Å². The van der Waals surface area contributed by atoms with Gasteiger partial charge in [-0.05, 0) is 31.5 Å². The lowest BCUT2D eigenvalue weighted by molar-refractivity contribution is -0.126. The van der Waals surface area contributed by atoms with Crippen molar-refractivity contribution in [3.63, 3.8) is 0 Å². The Bertz CT molecular complexity index is 650. The van der Waals surface area contributed by atoms with E-state index in [0.29, 0.717) is 6.54 Å². The summed E-state index contributed by atoms with van der Waals surface area (Å²) in [4.78, 5) is 37.8. The summed E-state index contributed by atoms with van der Waals surface area (Å²) in [5, 5.41) is 5.62. The van der Waals surface area contributed by atoms with Crippen LogP contribution in [0.3, 0.4) is 0 Å². The van der Waals surface area contributed by atoms with Crippen LogP contribution in [0.1, 0.15) is 33.1 Å². The number of carbonyl (C=O) groups is 3. The summed E-state index contributed by atoms with van der Waals surface area (Å²) < 4.78 is 0.887. The number of nitrogens with zero attached hydrogens (tertiary/aromatic N) is 1. The maximum absolute atomic E-state index is 12.3. The number of anilines is 1. The van der Waals surface area contributed by atoms with E-state index < -0.39 is 0 Å². The first-order valence-corrected chi connectivity index (χ1v) is 9.33. The first-order chi connectivity index (χ1) is 11.9. The van der Waals surface area contributed by atoms with Gasteiger partial charge in [-0.1, -0.05) is 28.9 Å². The van der Waals surface area contributed by atoms with Crippen molar-refractivity contribution < 1.29 is 14.4 Å². The highest BCUT2D eigenvalue weighted by molar-refractivity contribution is 9.10. The van der Waals surface area contributed by atoms with Gasteiger partial charge < -0.3 is 15.5 Å². The van der Waals surface area contributed by atoms with E-state index in [-0.39, 0.29) is 49.1 Å². The quantitative estimate of drug-likeness (QED) is 0.724. The molecule has 25 heavy (non-hydrogen) atoms. The van der Waals surface area contributed by atoms with Gasteiger partial charge in [-0.25, -0.2) is 0 Å². The van der Waals surface area contributed by atoms with Crippen LogP contribution in [0.2, 0.25) is 0 Å². The third-order valence-corrected chi connectivity index (χ3v) is 4.78. The fourth-order valence-corrected chi connectivity index (χ4v) is 3.06. The highest BCUT2D eigenvalue weighted by Crippen LogP contribution is 2.27. The monoisotopic (exact) mass is 409 g/mol. The van der Waals surface area contributed by atoms with E-state index in [2.05, 4.69) is 26.6 Å². The molecule has 0 aliphatic carbocycles. The van der Waals surface area contributed by atoms with Crippen LogP contribution in [0.4, 0.5) is 5.69 Å². The van der Waals surface area contributed by atoms with Gasteiger partial charge in [-0.3, -0.25) is 14.4 Å². The van der Waals surface area contributed by atoms with Crippen LogP contribution in [0, 0.1) is 5.92 Å². The van der Waals surface area contributed by atoms with Gasteiger partial charge in [0.2, 0.25) is 17.7 Å². The van der Waals surface area contributed by atoms with E-state index >= 15 is 0 Å². The van der Waals surface area contributed by atoms with Gasteiger partial charge in [0.15, 0.2) is 0 Å². The second-order valence-corrected chi connectivity index (χ2v) is 7.22. The van der Waals surface area contributed by atoms with Gasteiger partial charge in [0.05, 0.1) is 5.92 Å². The molecule has 1 fully saturated rings. The summed E-state index contributed by atoms with van der Waals surface area (Å²) in [7, 11) is 0. The molecule has 2 rings (SSSR count). The number of hydrogen-bond acceptors (Lipinski definition) is 3. The molecule has 0 aromatic heterocycles.